The van der Waals surface area contributed by atoms with Crippen LogP contribution in [0.5, 0.6) is 0 Å². The lowest BCUT2D eigenvalue weighted by molar-refractivity contribution is -0.125. The standard InChI is InChI=1S/C19H27N5O/c25-19(22-11-15-5-2-1-3-6-15)17-7-4-9-23(17)14-16-12-21-18-13-20-8-10-24(16)18/h8,10,12-13,15,17H,1-7,9,11,14H2,(H,22,25). The van der Waals surface area contributed by atoms with Gasteiger partial charge in [-0.05, 0) is 38.1 Å². The molecule has 1 amide bonds. The van der Waals surface area contributed by atoms with Crippen LogP contribution in [0.1, 0.15) is 50.6 Å². The van der Waals surface area contributed by atoms with E-state index in [0.717, 1.165) is 43.8 Å². The molecule has 0 spiro atoms. The van der Waals surface area contributed by atoms with Crippen molar-refractivity contribution in [3.05, 3.63) is 30.5 Å². The molecule has 6 nitrogen and oxygen atoms in total. The smallest absolute Gasteiger partial charge is 0.237 e. The Labute approximate surface area is 148 Å². The molecule has 134 valence electrons. The highest BCUT2D eigenvalue weighted by molar-refractivity contribution is 5.82. The number of likely N-dealkylation sites (tertiary alicyclic amines) is 1. The third-order valence-corrected chi connectivity index (χ3v) is 5.72. The molecule has 2 aliphatic rings. The number of rotatable bonds is 5. The van der Waals surface area contributed by atoms with Crippen LogP contribution in [0.3, 0.4) is 0 Å². The summed E-state index contributed by atoms with van der Waals surface area (Å²) in [5.41, 5.74) is 1.97. The van der Waals surface area contributed by atoms with E-state index in [1.54, 1.807) is 12.4 Å². The van der Waals surface area contributed by atoms with Crippen molar-refractivity contribution in [3.8, 4) is 0 Å². The molecule has 1 aliphatic heterocycles. The molecule has 2 fully saturated rings. The summed E-state index contributed by atoms with van der Waals surface area (Å²) in [5.74, 6) is 0.886. The fraction of sp³-hybridized carbons (Fsp3) is 0.632. The largest absolute Gasteiger partial charge is 0.354 e. The summed E-state index contributed by atoms with van der Waals surface area (Å²) in [7, 11) is 0. The van der Waals surface area contributed by atoms with Gasteiger partial charge in [-0.25, -0.2) is 4.98 Å². The summed E-state index contributed by atoms with van der Waals surface area (Å²) in [6.45, 7) is 2.58. The minimum atomic E-state index is -0.00372. The van der Waals surface area contributed by atoms with E-state index in [4.69, 9.17) is 0 Å². The van der Waals surface area contributed by atoms with Crippen molar-refractivity contribution in [1.29, 1.82) is 0 Å². The summed E-state index contributed by atoms with van der Waals surface area (Å²) < 4.78 is 2.06. The van der Waals surface area contributed by atoms with Crippen molar-refractivity contribution >= 4 is 11.6 Å². The van der Waals surface area contributed by atoms with Crippen LogP contribution in [0.4, 0.5) is 0 Å². The zero-order chi connectivity index (χ0) is 17.1. The predicted octanol–water partition coefficient (Wildman–Crippen LogP) is 2.39. The van der Waals surface area contributed by atoms with Crippen LogP contribution in [0.25, 0.3) is 5.65 Å². The highest BCUT2D eigenvalue weighted by atomic mass is 16.2. The van der Waals surface area contributed by atoms with E-state index in [1.807, 2.05) is 12.4 Å². The summed E-state index contributed by atoms with van der Waals surface area (Å²) in [6, 6.07) is -0.00372. The van der Waals surface area contributed by atoms with Crippen LogP contribution >= 0.6 is 0 Å². The van der Waals surface area contributed by atoms with Crippen molar-refractivity contribution in [2.45, 2.75) is 57.5 Å². The van der Waals surface area contributed by atoms with E-state index in [2.05, 4.69) is 24.6 Å². The highest BCUT2D eigenvalue weighted by Crippen LogP contribution is 2.24. The monoisotopic (exact) mass is 341 g/mol. The van der Waals surface area contributed by atoms with Crippen molar-refractivity contribution in [2.24, 2.45) is 5.92 Å². The average molecular weight is 341 g/mol. The van der Waals surface area contributed by atoms with Crippen LogP contribution in [0, 0.1) is 5.92 Å². The number of aromatic nitrogens is 3. The fourth-order valence-electron chi connectivity index (χ4n) is 4.29. The Kier molecular flexibility index (Phi) is 4.97. The highest BCUT2D eigenvalue weighted by Gasteiger charge is 2.31. The number of carbonyl (C=O) groups excluding carboxylic acids is 1. The second kappa shape index (κ2) is 7.52. The molecule has 25 heavy (non-hydrogen) atoms. The Hall–Kier alpha value is -1.95. The van der Waals surface area contributed by atoms with Gasteiger partial charge in [0.25, 0.3) is 0 Å². The Morgan fingerprint density at radius 2 is 2.04 bits per heavy atom. The molecule has 3 heterocycles. The lowest BCUT2D eigenvalue weighted by Gasteiger charge is -2.26. The third-order valence-electron chi connectivity index (χ3n) is 5.72. The van der Waals surface area contributed by atoms with Gasteiger partial charge in [0.1, 0.15) is 0 Å². The summed E-state index contributed by atoms with van der Waals surface area (Å²) in [6.07, 6.45) is 15.9. The molecule has 2 aromatic heterocycles. The number of nitrogens with zero attached hydrogens (tertiary/aromatic N) is 4. The number of nitrogens with one attached hydrogen (secondary N) is 1. The maximum absolute atomic E-state index is 12.7. The normalized spacial score (nSPS) is 22.5. The zero-order valence-electron chi connectivity index (χ0n) is 14.7. The van der Waals surface area contributed by atoms with Crippen LogP contribution < -0.4 is 5.32 Å². The molecular formula is C19H27N5O. The van der Waals surface area contributed by atoms with Crippen LogP contribution in [-0.4, -0.2) is 44.3 Å². The zero-order valence-corrected chi connectivity index (χ0v) is 14.7. The minimum Gasteiger partial charge on any atom is -0.354 e. The van der Waals surface area contributed by atoms with Gasteiger partial charge >= 0.3 is 0 Å². The quantitative estimate of drug-likeness (QED) is 0.907. The molecule has 0 aromatic carbocycles. The molecule has 1 N–H and O–H groups in total. The Bertz CT molecular complexity index is 721. The van der Waals surface area contributed by atoms with E-state index in [1.165, 1.54) is 32.1 Å². The number of imidazole rings is 1. The predicted molar refractivity (Wildman–Crippen MR) is 96.0 cm³/mol. The van der Waals surface area contributed by atoms with Crippen LogP contribution in [0.15, 0.2) is 24.8 Å². The molecule has 2 aromatic rings. The van der Waals surface area contributed by atoms with Gasteiger partial charge in [0.2, 0.25) is 5.91 Å². The van der Waals surface area contributed by atoms with E-state index < -0.39 is 0 Å². The lowest BCUT2D eigenvalue weighted by atomic mass is 9.89. The summed E-state index contributed by atoms with van der Waals surface area (Å²) in [5, 5.41) is 3.23. The van der Waals surface area contributed by atoms with E-state index >= 15 is 0 Å². The molecule has 4 rings (SSSR count). The van der Waals surface area contributed by atoms with Gasteiger partial charge < -0.3 is 5.32 Å². The lowest BCUT2D eigenvalue weighted by Crippen LogP contribution is -2.44. The topological polar surface area (TPSA) is 62.5 Å². The molecule has 1 unspecified atom stereocenters. The molecule has 1 atom stereocenters. The molecule has 0 bridgehead atoms. The molecule has 1 aliphatic carbocycles. The first-order valence-electron chi connectivity index (χ1n) is 9.59. The van der Waals surface area contributed by atoms with Crippen molar-refractivity contribution in [1.82, 2.24) is 24.6 Å². The molecule has 6 heteroatoms. The average Bonchev–Trinajstić information content (AvgIpc) is 3.28. The van der Waals surface area contributed by atoms with Crippen molar-refractivity contribution in [2.75, 3.05) is 13.1 Å². The number of carbonyl (C=O) groups is 1. The van der Waals surface area contributed by atoms with Gasteiger partial charge in [0.15, 0.2) is 5.65 Å². The van der Waals surface area contributed by atoms with Crippen LogP contribution in [0.2, 0.25) is 0 Å². The van der Waals surface area contributed by atoms with E-state index in [9.17, 15) is 4.79 Å². The van der Waals surface area contributed by atoms with Gasteiger partial charge in [-0.2, -0.15) is 0 Å². The van der Waals surface area contributed by atoms with E-state index in [-0.39, 0.29) is 11.9 Å². The first kappa shape index (κ1) is 16.5. The fourth-order valence-corrected chi connectivity index (χ4v) is 4.29. The second-order valence-corrected chi connectivity index (χ2v) is 7.43. The van der Waals surface area contributed by atoms with Gasteiger partial charge in [-0.15, -0.1) is 0 Å². The third kappa shape index (κ3) is 3.68. The number of hydrogen-bond acceptors (Lipinski definition) is 4. The van der Waals surface area contributed by atoms with Gasteiger partial charge in [-0.3, -0.25) is 19.1 Å². The van der Waals surface area contributed by atoms with Gasteiger partial charge in [0, 0.05) is 25.5 Å². The molecule has 1 saturated heterocycles. The summed E-state index contributed by atoms with van der Waals surface area (Å²) >= 11 is 0. The summed E-state index contributed by atoms with van der Waals surface area (Å²) in [4.78, 5) is 23.5. The first-order chi connectivity index (χ1) is 12.3. The first-order valence-corrected chi connectivity index (χ1v) is 9.59. The maximum atomic E-state index is 12.7. The minimum absolute atomic E-state index is 0.00372. The molecule has 1 saturated carbocycles. The van der Waals surface area contributed by atoms with Crippen molar-refractivity contribution < 1.29 is 4.79 Å². The van der Waals surface area contributed by atoms with Gasteiger partial charge in [-0.1, -0.05) is 19.3 Å². The number of hydrogen-bond donors (Lipinski definition) is 1. The Morgan fingerprint density at radius 3 is 2.92 bits per heavy atom. The SMILES string of the molecule is O=C(NCC1CCCCC1)C1CCCN1Cc1cnc2cnccn12. The second-order valence-electron chi connectivity index (χ2n) is 7.43. The Balaban J connectivity index is 1.37. The maximum Gasteiger partial charge on any atom is 0.237 e. The van der Waals surface area contributed by atoms with E-state index in [0.29, 0.717) is 5.92 Å². The molecule has 0 radical (unpaired) electrons. The number of amides is 1. The Morgan fingerprint density at radius 1 is 1.16 bits per heavy atom. The molecular weight excluding hydrogens is 314 g/mol. The number of fused-ring (bicyclic) bond motifs is 1. The van der Waals surface area contributed by atoms with Crippen LogP contribution in [-0.2, 0) is 11.3 Å². The van der Waals surface area contributed by atoms with Crippen molar-refractivity contribution in [3.63, 3.8) is 0 Å². The van der Waals surface area contributed by atoms with Gasteiger partial charge in [0.05, 0.1) is 24.1 Å².